The normalized spacial score (nSPS) is 11.7. The Bertz CT molecular complexity index is 283. The standard InChI is InChI=1S/C9H17N3O3S/c1-6(5-15-3)12(2)9(14)8(13)11-4-7(10)16/h6H,4-5H2,1-3H3,(H2,10,16)(H,11,13). The van der Waals surface area contributed by atoms with Crippen LogP contribution in [-0.2, 0) is 14.3 Å². The van der Waals surface area contributed by atoms with Crippen LogP contribution in [0.2, 0.25) is 0 Å². The summed E-state index contributed by atoms with van der Waals surface area (Å²) in [4.78, 5) is 24.3. The van der Waals surface area contributed by atoms with Crippen molar-refractivity contribution in [2.45, 2.75) is 13.0 Å². The zero-order chi connectivity index (χ0) is 12.7. The maximum Gasteiger partial charge on any atom is 0.311 e. The van der Waals surface area contributed by atoms with Crippen LogP contribution in [-0.4, -0.2) is 55.1 Å². The number of rotatable bonds is 5. The van der Waals surface area contributed by atoms with Gasteiger partial charge in [0.2, 0.25) is 0 Å². The predicted molar refractivity (Wildman–Crippen MR) is 63.9 cm³/mol. The third kappa shape index (κ3) is 5.04. The van der Waals surface area contributed by atoms with E-state index in [9.17, 15) is 9.59 Å². The fourth-order valence-corrected chi connectivity index (χ4v) is 1.03. The van der Waals surface area contributed by atoms with Gasteiger partial charge < -0.3 is 20.7 Å². The lowest BCUT2D eigenvalue weighted by Crippen LogP contribution is -2.47. The first-order valence-corrected chi connectivity index (χ1v) is 5.13. The quantitative estimate of drug-likeness (QED) is 0.475. The van der Waals surface area contributed by atoms with Gasteiger partial charge in [0.25, 0.3) is 0 Å². The molecule has 0 rings (SSSR count). The molecule has 0 aromatic rings. The number of ether oxygens (including phenoxy) is 1. The molecule has 0 aromatic heterocycles. The van der Waals surface area contributed by atoms with Gasteiger partial charge in [-0.1, -0.05) is 12.2 Å². The number of nitrogens with two attached hydrogens (primary N) is 1. The Hall–Kier alpha value is -1.21. The number of carbonyl (C=O) groups excluding carboxylic acids is 2. The van der Waals surface area contributed by atoms with Crippen molar-refractivity contribution in [2.75, 3.05) is 27.3 Å². The Morgan fingerprint density at radius 3 is 2.56 bits per heavy atom. The van der Waals surface area contributed by atoms with Crippen molar-refractivity contribution in [3.05, 3.63) is 0 Å². The second-order valence-corrected chi connectivity index (χ2v) is 3.89. The highest BCUT2D eigenvalue weighted by Crippen LogP contribution is 1.96. The average molecular weight is 247 g/mol. The average Bonchev–Trinajstić information content (AvgIpc) is 2.23. The number of nitrogens with one attached hydrogen (secondary N) is 1. The van der Waals surface area contributed by atoms with Crippen LogP contribution in [0.15, 0.2) is 0 Å². The molecule has 92 valence electrons. The SMILES string of the molecule is COCC(C)N(C)C(=O)C(=O)NCC(N)=S. The number of hydrogen-bond acceptors (Lipinski definition) is 4. The lowest BCUT2D eigenvalue weighted by molar-refractivity contribution is -0.146. The molecule has 1 atom stereocenters. The van der Waals surface area contributed by atoms with Crippen molar-refractivity contribution >= 4 is 29.0 Å². The first-order valence-electron chi connectivity index (χ1n) is 4.72. The van der Waals surface area contributed by atoms with Crippen molar-refractivity contribution in [2.24, 2.45) is 5.73 Å². The summed E-state index contributed by atoms with van der Waals surface area (Å²) < 4.78 is 4.89. The van der Waals surface area contributed by atoms with Gasteiger partial charge >= 0.3 is 11.8 Å². The van der Waals surface area contributed by atoms with Gasteiger partial charge in [0, 0.05) is 14.2 Å². The molecule has 2 amide bonds. The summed E-state index contributed by atoms with van der Waals surface area (Å²) in [5.41, 5.74) is 5.20. The molecular weight excluding hydrogens is 230 g/mol. The zero-order valence-electron chi connectivity index (χ0n) is 9.65. The molecule has 7 heteroatoms. The fraction of sp³-hybridized carbons (Fsp3) is 0.667. The van der Waals surface area contributed by atoms with E-state index in [1.165, 1.54) is 19.1 Å². The Morgan fingerprint density at radius 1 is 1.56 bits per heavy atom. The number of nitrogens with zero attached hydrogens (tertiary/aromatic N) is 1. The van der Waals surface area contributed by atoms with Gasteiger partial charge in [-0.2, -0.15) is 0 Å². The van der Waals surface area contributed by atoms with E-state index in [2.05, 4.69) is 17.5 Å². The monoisotopic (exact) mass is 247 g/mol. The van der Waals surface area contributed by atoms with Crippen LogP contribution < -0.4 is 11.1 Å². The van der Waals surface area contributed by atoms with E-state index in [0.29, 0.717) is 6.61 Å². The Labute approximate surface area is 100 Å². The van der Waals surface area contributed by atoms with Gasteiger partial charge in [0.1, 0.15) is 0 Å². The highest BCUT2D eigenvalue weighted by molar-refractivity contribution is 7.80. The van der Waals surface area contributed by atoms with Crippen molar-refractivity contribution < 1.29 is 14.3 Å². The molecule has 0 fully saturated rings. The van der Waals surface area contributed by atoms with E-state index in [0.717, 1.165) is 0 Å². The van der Waals surface area contributed by atoms with Gasteiger partial charge in [0.15, 0.2) is 0 Å². The molecule has 3 N–H and O–H groups in total. The molecule has 6 nitrogen and oxygen atoms in total. The largest absolute Gasteiger partial charge is 0.392 e. The maximum absolute atomic E-state index is 11.5. The van der Waals surface area contributed by atoms with Crippen LogP contribution in [0.1, 0.15) is 6.92 Å². The van der Waals surface area contributed by atoms with Crippen molar-refractivity contribution in [1.29, 1.82) is 0 Å². The first-order chi connectivity index (χ1) is 7.40. The summed E-state index contributed by atoms with van der Waals surface area (Å²) in [5.74, 6) is -1.36. The van der Waals surface area contributed by atoms with Crippen LogP contribution >= 0.6 is 12.2 Å². The summed E-state index contributed by atoms with van der Waals surface area (Å²) in [6, 6.07) is -0.173. The summed E-state index contributed by atoms with van der Waals surface area (Å²) in [6.07, 6.45) is 0. The molecule has 0 saturated carbocycles. The molecule has 0 aliphatic carbocycles. The molecule has 0 heterocycles. The van der Waals surface area contributed by atoms with E-state index in [-0.39, 0.29) is 17.6 Å². The van der Waals surface area contributed by atoms with Crippen molar-refractivity contribution in [1.82, 2.24) is 10.2 Å². The van der Waals surface area contributed by atoms with Crippen LogP contribution in [0, 0.1) is 0 Å². The third-order valence-corrected chi connectivity index (χ3v) is 2.15. The van der Waals surface area contributed by atoms with Crippen LogP contribution in [0.3, 0.4) is 0 Å². The predicted octanol–water partition coefficient (Wildman–Crippen LogP) is -1.12. The van der Waals surface area contributed by atoms with Crippen LogP contribution in [0.25, 0.3) is 0 Å². The molecule has 0 aromatic carbocycles. The molecule has 0 bridgehead atoms. The molecule has 0 spiro atoms. The van der Waals surface area contributed by atoms with Crippen LogP contribution in [0.4, 0.5) is 0 Å². The maximum atomic E-state index is 11.5. The second kappa shape index (κ2) is 7.13. The van der Waals surface area contributed by atoms with E-state index in [1.807, 2.05) is 0 Å². The zero-order valence-corrected chi connectivity index (χ0v) is 10.5. The van der Waals surface area contributed by atoms with Gasteiger partial charge in [0.05, 0.1) is 24.2 Å². The number of methoxy groups -OCH3 is 1. The summed E-state index contributed by atoms with van der Waals surface area (Å²) in [6.45, 7) is 2.17. The number of likely N-dealkylation sites (N-methyl/N-ethyl adjacent to an activating group) is 1. The van der Waals surface area contributed by atoms with E-state index in [1.54, 1.807) is 6.92 Å². The van der Waals surface area contributed by atoms with Crippen LogP contribution in [0.5, 0.6) is 0 Å². The number of amides is 2. The molecule has 0 aliphatic rings. The minimum absolute atomic E-state index is 0.0202. The topological polar surface area (TPSA) is 84.7 Å². The number of carbonyl (C=O) groups is 2. The molecule has 0 saturated heterocycles. The first kappa shape index (κ1) is 14.8. The fourth-order valence-electron chi connectivity index (χ4n) is 0.956. The number of thiocarbonyl (C=S) groups is 1. The third-order valence-electron chi connectivity index (χ3n) is 2.01. The van der Waals surface area contributed by atoms with E-state index < -0.39 is 11.8 Å². The summed E-state index contributed by atoms with van der Waals surface area (Å²) >= 11 is 4.58. The molecule has 16 heavy (non-hydrogen) atoms. The Morgan fingerprint density at radius 2 is 2.12 bits per heavy atom. The molecule has 1 unspecified atom stereocenters. The van der Waals surface area contributed by atoms with Crippen molar-refractivity contribution in [3.63, 3.8) is 0 Å². The van der Waals surface area contributed by atoms with Gasteiger partial charge in [-0.25, -0.2) is 0 Å². The van der Waals surface area contributed by atoms with E-state index in [4.69, 9.17) is 10.5 Å². The molecule has 0 aliphatic heterocycles. The minimum Gasteiger partial charge on any atom is -0.392 e. The lowest BCUT2D eigenvalue weighted by Gasteiger charge is -2.23. The van der Waals surface area contributed by atoms with E-state index >= 15 is 0 Å². The Balaban J connectivity index is 4.21. The van der Waals surface area contributed by atoms with Gasteiger partial charge in [-0.15, -0.1) is 0 Å². The van der Waals surface area contributed by atoms with Crippen molar-refractivity contribution in [3.8, 4) is 0 Å². The molecular formula is C9H17N3O3S. The summed E-state index contributed by atoms with van der Waals surface area (Å²) in [7, 11) is 3.06. The molecule has 0 radical (unpaired) electrons. The number of hydrogen-bond donors (Lipinski definition) is 2. The Kier molecular flexibility index (Phi) is 6.59. The highest BCUT2D eigenvalue weighted by Gasteiger charge is 2.22. The highest BCUT2D eigenvalue weighted by atomic mass is 32.1. The lowest BCUT2D eigenvalue weighted by atomic mass is 10.3. The van der Waals surface area contributed by atoms with Gasteiger partial charge in [-0.3, -0.25) is 9.59 Å². The summed E-state index contributed by atoms with van der Waals surface area (Å²) in [5, 5.41) is 2.32. The van der Waals surface area contributed by atoms with Gasteiger partial charge in [-0.05, 0) is 6.92 Å². The minimum atomic E-state index is -0.724. The second-order valence-electron chi connectivity index (χ2n) is 3.37. The smallest absolute Gasteiger partial charge is 0.311 e.